The maximum absolute atomic E-state index is 12.4. The number of rotatable bonds is 3. The first-order valence-electron chi connectivity index (χ1n) is 7.71. The number of nitrogens with two attached hydrogens (primary N) is 1. The highest BCUT2D eigenvalue weighted by atomic mass is 16.2. The normalized spacial score (nSPS) is 47.1. The van der Waals surface area contributed by atoms with Crippen molar-refractivity contribution in [3.8, 4) is 0 Å². The summed E-state index contributed by atoms with van der Waals surface area (Å²) in [6.45, 7) is 0.534. The van der Waals surface area contributed by atoms with Gasteiger partial charge in [0, 0.05) is 12.6 Å². The molecule has 5 aliphatic rings. The first kappa shape index (κ1) is 11.3. The summed E-state index contributed by atoms with van der Waals surface area (Å²) in [5, 5.41) is 3.40. The van der Waals surface area contributed by atoms with Crippen molar-refractivity contribution in [3.63, 3.8) is 0 Å². The lowest BCUT2D eigenvalue weighted by atomic mass is 9.54. The molecule has 0 aromatic heterocycles. The van der Waals surface area contributed by atoms with Gasteiger partial charge in [-0.3, -0.25) is 4.79 Å². The van der Waals surface area contributed by atoms with Crippen molar-refractivity contribution >= 4 is 5.91 Å². The smallest absolute Gasteiger partial charge is 0.227 e. The van der Waals surface area contributed by atoms with E-state index in [1.165, 1.54) is 32.1 Å². The van der Waals surface area contributed by atoms with Crippen LogP contribution in [0.4, 0.5) is 0 Å². The molecule has 0 atom stereocenters. The van der Waals surface area contributed by atoms with Gasteiger partial charge in [-0.1, -0.05) is 0 Å². The fraction of sp³-hybridized carbons (Fsp3) is 0.933. The number of amides is 1. The predicted molar refractivity (Wildman–Crippen MR) is 69.7 cm³/mol. The molecule has 5 fully saturated rings. The largest absolute Gasteiger partial charge is 0.352 e. The summed E-state index contributed by atoms with van der Waals surface area (Å²) < 4.78 is 0. The van der Waals surface area contributed by atoms with Gasteiger partial charge in [0.2, 0.25) is 5.91 Å². The summed E-state index contributed by atoms with van der Waals surface area (Å²) in [6.07, 6.45) is 8.95. The molecule has 0 unspecified atom stereocenters. The molecule has 3 heteroatoms. The SMILES string of the molecule is NCC1(C(=O)NC2C3CC4CC(C3)CC2C4)CC1. The molecule has 0 aromatic rings. The van der Waals surface area contributed by atoms with Gasteiger partial charge in [-0.05, 0) is 68.6 Å². The first-order chi connectivity index (χ1) is 8.70. The van der Waals surface area contributed by atoms with Gasteiger partial charge in [0.05, 0.1) is 5.41 Å². The second kappa shape index (κ2) is 3.72. The summed E-state index contributed by atoms with van der Waals surface area (Å²) in [7, 11) is 0. The number of hydrogen-bond acceptors (Lipinski definition) is 2. The minimum atomic E-state index is -0.172. The van der Waals surface area contributed by atoms with Crippen LogP contribution in [0.1, 0.15) is 44.9 Å². The molecule has 0 spiro atoms. The lowest BCUT2D eigenvalue weighted by Gasteiger charge is -2.54. The third kappa shape index (κ3) is 1.56. The van der Waals surface area contributed by atoms with Crippen LogP contribution in [0, 0.1) is 29.1 Å². The fourth-order valence-corrected chi connectivity index (χ4v) is 5.14. The Morgan fingerprint density at radius 3 is 2.06 bits per heavy atom. The van der Waals surface area contributed by atoms with Crippen molar-refractivity contribution in [1.82, 2.24) is 5.32 Å². The molecule has 0 heterocycles. The number of carbonyl (C=O) groups is 1. The zero-order valence-electron chi connectivity index (χ0n) is 11.0. The monoisotopic (exact) mass is 248 g/mol. The molecule has 0 radical (unpaired) electrons. The van der Waals surface area contributed by atoms with E-state index in [0.717, 1.165) is 36.5 Å². The Balaban J connectivity index is 1.47. The van der Waals surface area contributed by atoms with Crippen LogP contribution in [-0.4, -0.2) is 18.5 Å². The van der Waals surface area contributed by atoms with E-state index in [2.05, 4.69) is 5.32 Å². The summed E-state index contributed by atoms with van der Waals surface area (Å²) in [5.74, 6) is 3.77. The molecule has 100 valence electrons. The Morgan fingerprint density at radius 2 is 1.61 bits per heavy atom. The lowest BCUT2D eigenvalue weighted by Crippen LogP contribution is -2.57. The number of hydrogen-bond donors (Lipinski definition) is 2. The fourth-order valence-electron chi connectivity index (χ4n) is 5.14. The molecule has 0 saturated heterocycles. The Morgan fingerprint density at radius 1 is 1.06 bits per heavy atom. The summed E-state index contributed by atoms with van der Waals surface area (Å²) in [6, 6.07) is 0.481. The molecule has 1 amide bonds. The van der Waals surface area contributed by atoms with Crippen molar-refractivity contribution in [3.05, 3.63) is 0 Å². The van der Waals surface area contributed by atoms with Crippen molar-refractivity contribution in [1.29, 1.82) is 0 Å². The standard InChI is InChI=1S/C15H24N2O/c16-8-15(1-2-15)14(18)17-13-11-4-9-3-10(6-11)7-12(13)5-9/h9-13H,1-8,16H2,(H,17,18). The van der Waals surface area contributed by atoms with Crippen LogP contribution < -0.4 is 11.1 Å². The third-order valence-electron chi connectivity index (χ3n) is 6.25. The molecule has 0 aromatic carbocycles. The van der Waals surface area contributed by atoms with Crippen LogP contribution in [0.2, 0.25) is 0 Å². The van der Waals surface area contributed by atoms with Crippen LogP contribution in [0.5, 0.6) is 0 Å². The van der Waals surface area contributed by atoms with Crippen LogP contribution in [0.15, 0.2) is 0 Å². The topological polar surface area (TPSA) is 55.1 Å². The van der Waals surface area contributed by atoms with Crippen LogP contribution >= 0.6 is 0 Å². The molecular formula is C15H24N2O. The number of nitrogens with one attached hydrogen (secondary N) is 1. The van der Waals surface area contributed by atoms with Crippen LogP contribution in [0.3, 0.4) is 0 Å². The average Bonchev–Trinajstić information content (AvgIpc) is 3.13. The van der Waals surface area contributed by atoms with Crippen molar-refractivity contribution < 1.29 is 4.79 Å². The molecule has 0 aliphatic heterocycles. The molecule has 3 nitrogen and oxygen atoms in total. The van der Waals surface area contributed by atoms with E-state index in [4.69, 9.17) is 5.73 Å². The van der Waals surface area contributed by atoms with Crippen molar-refractivity contribution in [2.75, 3.05) is 6.54 Å². The van der Waals surface area contributed by atoms with Crippen molar-refractivity contribution in [2.45, 2.75) is 51.0 Å². The summed E-state index contributed by atoms with van der Waals surface area (Å²) in [4.78, 5) is 12.4. The highest BCUT2D eigenvalue weighted by molar-refractivity contribution is 5.85. The Bertz CT molecular complexity index is 347. The molecule has 5 saturated carbocycles. The van der Waals surface area contributed by atoms with Gasteiger partial charge in [-0.25, -0.2) is 0 Å². The van der Waals surface area contributed by atoms with E-state index in [1.54, 1.807) is 0 Å². The van der Waals surface area contributed by atoms with E-state index in [9.17, 15) is 4.79 Å². The van der Waals surface area contributed by atoms with Crippen molar-refractivity contribution in [2.24, 2.45) is 34.8 Å². The molecule has 5 rings (SSSR count). The number of carbonyl (C=O) groups excluding carboxylic acids is 1. The molecular weight excluding hydrogens is 224 g/mol. The van der Waals surface area contributed by atoms with E-state index in [0.29, 0.717) is 12.6 Å². The minimum absolute atomic E-state index is 0.172. The predicted octanol–water partition coefficient (Wildman–Crippen LogP) is 1.67. The average molecular weight is 248 g/mol. The third-order valence-corrected chi connectivity index (χ3v) is 6.25. The first-order valence-corrected chi connectivity index (χ1v) is 7.71. The minimum Gasteiger partial charge on any atom is -0.352 e. The lowest BCUT2D eigenvalue weighted by molar-refractivity contribution is -0.130. The van der Waals surface area contributed by atoms with E-state index in [-0.39, 0.29) is 11.3 Å². The van der Waals surface area contributed by atoms with Crippen LogP contribution in [-0.2, 0) is 4.79 Å². The van der Waals surface area contributed by atoms with Gasteiger partial charge in [0.25, 0.3) is 0 Å². The second-order valence-electron chi connectivity index (χ2n) is 7.41. The zero-order chi connectivity index (χ0) is 12.3. The molecule has 18 heavy (non-hydrogen) atoms. The summed E-state index contributed by atoms with van der Waals surface area (Å²) in [5.41, 5.74) is 5.59. The quantitative estimate of drug-likeness (QED) is 0.798. The van der Waals surface area contributed by atoms with Gasteiger partial charge in [0.1, 0.15) is 0 Å². The maximum Gasteiger partial charge on any atom is 0.227 e. The van der Waals surface area contributed by atoms with E-state index in [1.807, 2.05) is 0 Å². The van der Waals surface area contributed by atoms with E-state index < -0.39 is 0 Å². The molecule has 4 bridgehead atoms. The zero-order valence-corrected chi connectivity index (χ0v) is 11.0. The highest BCUT2D eigenvalue weighted by Crippen LogP contribution is 2.54. The molecule has 5 aliphatic carbocycles. The maximum atomic E-state index is 12.4. The van der Waals surface area contributed by atoms with E-state index >= 15 is 0 Å². The van der Waals surface area contributed by atoms with Crippen LogP contribution in [0.25, 0.3) is 0 Å². The Hall–Kier alpha value is -0.570. The van der Waals surface area contributed by atoms with Gasteiger partial charge in [-0.15, -0.1) is 0 Å². The van der Waals surface area contributed by atoms with Gasteiger partial charge >= 0.3 is 0 Å². The Kier molecular flexibility index (Phi) is 2.33. The highest BCUT2D eigenvalue weighted by Gasteiger charge is 2.53. The van der Waals surface area contributed by atoms with Gasteiger partial charge < -0.3 is 11.1 Å². The van der Waals surface area contributed by atoms with Gasteiger partial charge in [-0.2, -0.15) is 0 Å². The summed E-state index contributed by atoms with van der Waals surface area (Å²) >= 11 is 0. The Labute approximate surface area is 109 Å². The molecule has 3 N–H and O–H groups in total. The second-order valence-corrected chi connectivity index (χ2v) is 7.41. The van der Waals surface area contributed by atoms with Gasteiger partial charge in [0.15, 0.2) is 0 Å².